The summed E-state index contributed by atoms with van der Waals surface area (Å²) in [4.78, 5) is 13.3. The van der Waals surface area contributed by atoms with Crippen molar-refractivity contribution in [3.8, 4) is 0 Å². The van der Waals surface area contributed by atoms with Crippen molar-refractivity contribution in [3.05, 3.63) is 146 Å². The topological polar surface area (TPSA) is 228 Å². The fourth-order valence-corrected chi connectivity index (χ4v) is 10.3. The molecule has 506 valence electrons. The van der Waals surface area contributed by atoms with Crippen molar-refractivity contribution >= 4 is 5.91 Å². The second kappa shape index (κ2) is 57.7. The lowest BCUT2D eigenvalue weighted by molar-refractivity contribution is -0.359. The normalized spacial score (nSPS) is 24.0. The molecule has 2 aliphatic heterocycles. The molecule has 2 aliphatic rings. The fourth-order valence-electron chi connectivity index (χ4n) is 10.3. The number of rotatable bonds is 54. The van der Waals surface area contributed by atoms with Gasteiger partial charge in [-0.15, -0.1) is 0 Å². The highest BCUT2D eigenvalue weighted by Crippen LogP contribution is 2.30. The summed E-state index contributed by atoms with van der Waals surface area (Å²) >= 11 is 0. The monoisotopic (exact) mass is 1250 g/mol. The van der Waals surface area contributed by atoms with Gasteiger partial charge in [0.05, 0.1) is 32.0 Å². The number of aliphatic hydroxyl groups excluding tert-OH is 8. The van der Waals surface area contributed by atoms with E-state index in [0.29, 0.717) is 12.8 Å². The number of aliphatic hydroxyl groups is 8. The van der Waals surface area contributed by atoms with Crippen LogP contribution < -0.4 is 5.32 Å². The molecule has 12 atom stereocenters. The van der Waals surface area contributed by atoms with Gasteiger partial charge in [0, 0.05) is 6.42 Å². The smallest absolute Gasteiger partial charge is 0.220 e. The van der Waals surface area contributed by atoms with Gasteiger partial charge >= 0.3 is 0 Å². The van der Waals surface area contributed by atoms with E-state index in [4.69, 9.17) is 18.9 Å². The van der Waals surface area contributed by atoms with Gasteiger partial charge in [-0.1, -0.05) is 250 Å². The zero-order chi connectivity index (χ0) is 64.5. The minimum atomic E-state index is -1.80. The third kappa shape index (κ3) is 41.9. The van der Waals surface area contributed by atoms with E-state index in [2.05, 4.69) is 153 Å². The molecule has 0 saturated carbocycles. The van der Waals surface area contributed by atoms with Gasteiger partial charge in [0.2, 0.25) is 5.91 Å². The third-order valence-electron chi connectivity index (χ3n) is 15.7. The molecule has 0 spiro atoms. The number of carbonyl (C=O) groups excluding carboxylic acids is 1. The summed E-state index contributed by atoms with van der Waals surface area (Å²) in [5.74, 6) is -0.266. The van der Waals surface area contributed by atoms with E-state index in [1.165, 1.54) is 77.0 Å². The summed E-state index contributed by atoms with van der Waals surface area (Å²) in [5.41, 5.74) is 0. The van der Waals surface area contributed by atoms with Crippen LogP contribution in [-0.2, 0) is 23.7 Å². The minimum absolute atomic E-state index is 0.253. The average Bonchev–Trinajstić information content (AvgIpc) is 1.44. The minimum Gasteiger partial charge on any atom is -0.394 e. The molecule has 2 fully saturated rings. The van der Waals surface area contributed by atoms with Gasteiger partial charge in [-0.25, -0.2) is 0 Å². The Hall–Kier alpha value is -4.13. The van der Waals surface area contributed by atoms with Crippen molar-refractivity contribution in [2.24, 2.45) is 0 Å². The van der Waals surface area contributed by atoms with Crippen LogP contribution in [0, 0.1) is 0 Å². The molecule has 2 heterocycles. The van der Waals surface area contributed by atoms with E-state index in [0.717, 1.165) is 116 Å². The van der Waals surface area contributed by atoms with Crippen molar-refractivity contribution in [3.63, 3.8) is 0 Å². The van der Waals surface area contributed by atoms with Gasteiger partial charge < -0.3 is 65.1 Å². The van der Waals surface area contributed by atoms with Gasteiger partial charge in [0.25, 0.3) is 0 Å². The zero-order valence-corrected chi connectivity index (χ0v) is 54.9. The summed E-state index contributed by atoms with van der Waals surface area (Å²) in [5, 5.41) is 87.3. The first-order valence-corrected chi connectivity index (χ1v) is 34.6. The van der Waals surface area contributed by atoms with Crippen molar-refractivity contribution in [2.45, 2.75) is 299 Å². The van der Waals surface area contributed by atoms with Crippen molar-refractivity contribution < 1.29 is 64.6 Å². The lowest BCUT2D eigenvalue weighted by Gasteiger charge is -2.46. The Bertz CT molecular complexity index is 2050. The Morgan fingerprint density at radius 2 is 0.787 bits per heavy atom. The van der Waals surface area contributed by atoms with Crippen LogP contribution in [-0.4, -0.2) is 140 Å². The maximum atomic E-state index is 13.3. The molecule has 0 aromatic rings. The quantitative estimate of drug-likeness (QED) is 0.0204. The van der Waals surface area contributed by atoms with Crippen LogP contribution in [0.15, 0.2) is 146 Å². The first-order chi connectivity index (χ1) is 43.6. The number of hydrogen-bond donors (Lipinski definition) is 9. The predicted octanol–water partition coefficient (Wildman–Crippen LogP) is 14.1. The van der Waals surface area contributed by atoms with Crippen LogP contribution in [0.25, 0.3) is 0 Å². The van der Waals surface area contributed by atoms with Crippen LogP contribution >= 0.6 is 0 Å². The molecule has 0 bridgehead atoms. The van der Waals surface area contributed by atoms with E-state index in [1.54, 1.807) is 6.08 Å². The number of amides is 1. The van der Waals surface area contributed by atoms with Gasteiger partial charge in [-0.05, 0) is 116 Å². The standard InChI is InChI=1S/C75H123NO13/c1-3-5-7-9-11-13-15-17-19-21-23-24-25-26-27-28-29-30-31-32-33-34-35-36-37-38-39-40-41-43-45-47-49-51-53-55-57-59-67(80)76-63(64(79)58-56-54-52-50-48-46-44-42-22-20-18-16-14-12-10-8-6-4-2)62-86-74-72(85)70(83)73(66(61-78)88-74)89-75-71(84)69(82)68(81)65(60-77)87-75/h5,7,11,13,17,19,22-24,26-27,29-30,32-33,35-36,38-39,42,48,50,56,58,63-66,68-75,77-79,81-85H,3-4,6,8-10,12,14-16,18,20-21,25,28,31,34,37,40-41,43-47,49,51-55,57,59-62H2,1-2H3,(H,76,80)/b7-5-,13-11-,19-17-,24-23-,27-26-,30-29-,33-32-,36-35-,39-38-,42-22+,50-48+,58-56+. The van der Waals surface area contributed by atoms with Crippen LogP contribution in [0.5, 0.6) is 0 Å². The molecule has 0 radical (unpaired) electrons. The Morgan fingerprint density at radius 1 is 0.416 bits per heavy atom. The third-order valence-corrected chi connectivity index (χ3v) is 15.7. The number of hydrogen-bond acceptors (Lipinski definition) is 13. The fraction of sp³-hybridized carbons (Fsp3) is 0.667. The predicted molar refractivity (Wildman–Crippen MR) is 364 cm³/mol. The van der Waals surface area contributed by atoms with Gasteiger partial charge in [0.1, 0.15) is 48.8 Å². The Morgan fingerprint density at radius 3 is 1.24 bits per heavy atom. The molecule has 2 saturated heterocycles. The highest BCUT2D eigenvalue weighted by Gasteiger charge is 2.51. The highest BCUT2D eigenvalue weighted by atomic mass is 16.7. The number of carbonyl (C=O) groups is 1. The van der Waals surface area contributed by atoms with E-state index in [9.17, 15) is 45.6 Å². The van der Waals surface area contributed by atoms with E-state index >= 15 is 0 Å². The molecule has 2 rings (SSSR count). The van der Waals surface area contributed by atoms with Gasteiger partial charge in [0.15, 0.2) is 12.6 Å². The Kier molecular flexibility index (Phi) is 52.5. The summed E-state index contributed by atoms with van der Waals surface area (Å²) in [6, 6.07) is -0.952. The second-order valence-corrected chi connectivity index (χ2v) is 23.5. The molecule has 89 heavy (non-hydrogen) atoms. The van der Waals surface area contributed by atoms with E-state index in [-0.39, 0.29) is 18.9 Å². The van der Waals surface area contributed by atoms with Crippen LogP contribution in [0.1, 0.15) is 226 Å². The molecule has 0 aromatic carbocycles. The summed E-state index contributed by atoms with van der Waals surface area (Å²) in [6.07, 6.45) is 70.3. The first kappa shape index (κ1) is 81.0. The molecular weight excluding hydrogens is 1120 g/mol. The van der Waals surface area contributed by atoms with Crippen LogP contribution in [0.3, 0.4) is 0 Å². The summed E-state index contributed by atoms with van der Waals surface area (Å²) in [6.45, 7) is 2.64. The molecule has 14 heteroatoms. The highest BCUT2D eigenvalue weighted by molar-refractivity contribution is 5.76. The maximum absolute atomic E-state index is 13.3. The SMILES string of the molecule is CC/C=C\C/C=C\C/C=C\C/C=C\C/C=C\C/C=C\C/C=C\C/C=C\C/C=C\CCCCCCCCCCCC(=O)NC(COC1OC(CO)C(OC2OC(CO)C(O)C(O)C2O)C(O)C1O)C(O)/C=C/CC/C=C/CC/C=C/CCCCCCCCCC. The Balaban J connectivity index is 1.68. The number of ether oxygens (including phenoxy) is 4. The van der Waals surface area contributed by atoms with E-state index < -0.39 is 86.8 Å². The van der Waals surface area contributed by atoms with Crippen LogP contribution in [0.4, 0.5) is 0 Å². The lowest BCUT2D eigenvalue weighted by atomic mass is 9.97. The first-order valence-electron chi connectivity index (χ1n) is 34.6. The molecule has 14 nitrogen and oxygen atoms in total. The van der Waals surface area contributed by atoms with E-state index in [1.807, 2.05) is 6.08 Å². The molecule has 1 amide bonds. The lowest BCUT2D eigenvalue weighted by Crippen LogP contribution is -2.65. The average molecular weight is 1250 g/mol. The second-order valence-electron chi connectivity index (χ2n) is 23.5. The number of unbranched alkanes of at least 4 members (excludes halogenated alkanes) is 19. The van der Waals surface area contributed by atoms with Crippen LogP contribution in [0.2, 0.25) is 0 Å². The number of allylic oxidation sites excluding steroid dienone is 23. The van der Waals surface area contributed by atoms with Crippen molar-refractivity contribution in [1.29, 1.82) is 0 Å². The Labute approximate surface area is 538 Å². The molecule has 0 aliphatic carbocycles. The summed E-state index contributed by atoms with van der Waals surface area (Å²) < 4.78 is 22.8. The van der Waals surface area contributed by atoms with Gasteiger partial charge in [-0.2, -0.15) is 0 Å². The molecule has 9 N–H and O–H groups in total. The number of nitrogens with one attached hydrogen (secondary N) is 1. The summed E-state index contributed by atoms with van der Waals surface area (Å²) in [7, 11) is 0. The molecule has 0 aromatic heterocycles. The zero-order valence-electron chi connectivity index (χ0n) is 54.9. The maximum Gasteiger partial charge on any atom is 0.220 e. The molecular formula is C75H123NO13. The van der Waals surface area contributed by atoms with Crippen molar-refractivity contribution in [1.82, 2.24) is 5.32 Å². The largest absolute Gasteiger partial charge is 0.394 e. The molecule has 12 unspecified atom stereocenters. The van der Waals surface area contributed by atoms with Crippen molar-refractivity contribution in [2.75, 3.05) is 19.8 Å². The van der Waals surface area contributed by atoms with Gasteiger partial charge in [-0.3, -0.25) is 4.79 Å².